The molecule has 1 N–H and O–H groups in total. The largest absolute Gasteiger partial charge is 0.266 e. The van der Waals surface area contributed by atoms with Gasteiger partial charge in [-0.2, -0.15) is 5.10 Å². The Morgan fingerprint density at radius 3 is 2.80 bits per heavy atom. The standard InChI is InChI=1S/C12H9BrF2N2O2S/c13-10-7-16-17-12(10)20(18,19)5-4-11(15)8-2-1-3-9(14)6-8/h1-4,6-7H,5H2,(H,16,17). The number of hydrogen-bond acceptors (Lipinski definition) is 3. The fraction of sp³-hybridized carbons (Fsp3) is 0.0833. The molecule has 0 unspecified atom stereocenters. The molecule has 20 heavy (non-hydrogen) atoms. The molecule has 2 rings (SSSR count). The van der Waals surface area contributed by atoms with Crippen molar-refractivity contribution in [3.63, 3.8) is 0 Å². The summed E-state index contributed by atoms with van der Waals surface area (Å²) in [7, 11) is -3.74. The number of halogens is 3. The Bertz CT molecular complexity index is 756. The summed E-state index contributed by atoms with van der Waals surface area (Å²) < 4.78 is 50.9. The summed E-state index contributed by atoms with van der Waals surface area (Å²) in [6.45, 7) is 0. The molecule has 8 heteroatoms. The first kappa shape index (κ1) is 14.9. The molecular weight excluding hydrogens is 354 g/mol. The Hall–Kier alpha value is -1.54. The van der Waals surface area contributed by atoms with Crippen LogP contribution in [-0.2, 0) is 9.84 Å². The Balaban J connectivity index is 2.23. The Kier molecular flexibility index (Phi) is 4.34. The highest BCUT2D eigenvalue weighted by Gasteiger charge is 2.19. The van der Waals surface area contributed by atoms with Gasteiger partial charge in [-0.25, -0.2) is 17.2 Å². The first-order chi connectivity index (χ1) is 9.40. The van der Waals surface area contributed by atoms with Crippen molar-refractivity contribution in [3.8, 4) is 0 Å². The number of nitrogens with zero attached hydrogens (tertiary/aromatic N) is 1. The molecule has 0 atom stereocenters. The molecule has 0 spiro atoms. The van der Waals surface area contributed by atoms with Gasteiger partial charge in [-0.3, -0.25) is 5.10 Å². The van der Waals surface area contributed by atoms with Crippen molar-refractivity contribution in [3.05, 3.63) is 52.4 Å². The van der Waals surface area contributed by atoms with Crippen LogP contribution in [0, 0.1) is 5.82 Å². The summed E-state index contributed by atoms with van der Waals surface area (Å²) in [5, 5.41) is 5.77. The van der Waals surface area contributed by atoms with Crippen molar-refractivity contribution >= 4 is 31.6 Å². The van der Waals surface area contributed by atoms with E-state index in [4.69, 9.17) is 0 Å². The fourth-order valence-electron chi connectivity index (χ4n) is 1.50. The van der Waals surface area contributed by atoms with Gasteiger partial charge in [0, 0.05) is 5.56 Å². The lowest BCUT2D eigenvalue weighted by Gasteiger charge is -2.00. The second-order valence-corrected chi connectivity index (χ2v) is 6.72. The van der Waals surface area contributed by atoms with E-state index in [2.05, 4.69) is 26.1 Å². The minimum Gasteiger partial charge on any atom is -0.266 e. The number of sulfone groups is 1. The number of benzene rings is 1. The quantitative estimate of drug-likeness (QED) is 0.908. The van der Waals surface area contributed by atoms with Crippen LogP contribution in [-0.4, -0.2) is 24.4 Å². The number of nitrogens with one attached hydrogen (secondary N) is 1. The minimum absolute atomic E-state index is 0.0103. The SMILES string of the molecule is O=S(=O)(CC=C(F)c1cccc(F)c1)c1[nH]ncc1Br. The summed E-state index contributed by atoms with van der Waals surface area (Å²) in [5.74, 6) is -1.95. The average molecular weight is 363 g/mol. The minimum atomic E-state index is -3.74. The first-order valence-electron chi connectivity index (χ1n) is 5.43. The Labute approximate surface area is 122 Å². The molecule has 0 aliphatic heterocycles. The average Bonchev–Trinajstić information content (AvgIpc) is 2.83. The van der Waals surface area contributed by atoms with Gasteiger partial charge in [0.15, 0.2) is 14.9 Å². The molecule has 1 aromatic heterocycles. The van der Waals surface area contributed by atoms with Gasteiger partial charge in [-0.15, -0.1) is 0 Å². The van der Waals surface area contributed by atoms with Gasteiger partial charge in [-0.05, 0) is 34.1 Å². The van der Waals surface area contributed by atoms with E-state index in [0.29, 0.717) is 0 Å². The van der Waals surface area contributed by atoms with Gasteiger partial charge in [0.25, 0.3) is 0 Å². The van der Waals surface area contributed by atoms with Crippen LogP contribution in [0.4, 0.5) is 8.78 Å². The molecule has 1 heterocycles. The number of rotatable bonds is 4. The lowest BCUT2D eigenvalue weighted by Crippen LogP contribution is -2.06. The molecule has 0 fully saturated rings. The van der Waals surface area contributed by atoms with Crippen molar-refractivity contribution in [1.82, 2.24) is 10.2 Å². The molecule has 0 amide bonds. The summed E-state index contributed by atoms with van der Waals surface area (Å²) >= 11 is 3.03. The van der Waals surface area contributed by atoms with E-state index in [1.54, 1.807) is 0 Å². The van der Waals surface area contributed by atoms with Gasteiger partial charge in [0.05, 0.1) is 16.4 Å². The second-order valence-electron chi connectivity index (χ2n) is 3.89. The van der Waals surface area contributed by atoms with E-state index in [9.17, 15) is 17.2 Å². The van der Waals surface area contributed by atoms with E-state index >= 15 is 0 Å². The molecule has 0 radical (unpaired) electrons. The maximum Gasteiger partial charge on any atom is 0.199 e. The first-order valence-corrected chi connectivity index (χ1v) is 7.88. The third kappa shape index (κ3) is 3.31. The summed E-state index contributed by atoms with van der Waals surface area (Å²) in [6, 6.07) is 4.87. The third-order valence-electron chi connectivity index (χ3n) is 2.45. The van der Waals surface area contributed by atoms with Crippen molar-refractivity contribution < 1.29 is 17.2 Å². The summed E-state index contributed by atoms with van der Waals surface area (Å²) in [5.41, 5.74) is -0.0103. The van der Waals surface area contributed by atoms with Gasteiger partial charge >= 0.3 is 0 Å². The van der Waals surface area contributed by atoms with Crippen molar-refractivity contribution in [2.24, 2.45) is 0 Å². The summed E-state index contributed by atoms with van der Waals surface area (Å²) in [4.78, 5) is 0. The van der Waals surface area contributed by atoms with E-state index in [1.807, 2.05) is 0 Å². The molecule has 106 valence electrons. The van der Waals surface area contributed by atoms with Gasteiger partial charge in [0.1, 0.15) is 11.6 Å². The van der Waals surface area contributed by atoms with Gasteiger partial charge in [-0.1, -0.05) is 12.1 Å². The Morgan fingerprint density at radius 1 is 1.45 bits per heavy atom. The maximum absolute atomic E-state index is 13.8. The highest BCUT2D eigenvalue weighted by atomic mass is 79.9. The lowest BCUT2D eigenvalue weighted by atomic mass is 10.2. The van der Waals surface area contributed by atoms with Crippen LogP contribution in [0.25, 0.3) is 5.83 Å². The van der Waals surface area contributed by atoms with E-state index < -0.39 is 27.2 Å². The third-order valence-corrected chi connectivity index (χ3v) is 4.86. The summed E-state index contributed by atoms with van der Waals surface area (Å²) in [6.07, 6.45) is 2.18. The van der Waals surface area contributed by atoms with Gasteiger partial charge in [0.2, 0.25) is 0 Å². The number of hydrogen-bond donors (Lipinski definition) is 1. The predicted octanol–water partition coefficient (Wildman–Crippen LogP) is 3.10. The topological polar surface area (TPSA) is 62.8 Å². The number of H-pyrrole nitrogens is 1. The molecule has 0 saturated heterocycles. The smallest absolute Gasteiger partial charge is 0.199 e. The van der Waals surface area contributed by atoms with E-state index in [1.165, 1.54) is 24.4 Å². The molecular formula is C12H9BrF2N2O2S. The normalized spacial score (nSPS) is 12.7. The zero-order chi connectivity index (χ0) is 14.8. The van der Waals surface area contributed by atoms with Crippen LogP contribution in [0.5, 0.6) is 0 Å². The molecule has 0 aliphatic carbocycles. The lowest BCUT2D eigenvalue weighted by molar-refractivity contribution is 0.594. The monoisotopic (exact) mass is 362 g/mol. The molecule has 0 saturated carbocycles. The molecule has 0 bridgehead atoms. The van der Waals surface area contributed by atoms with E-state index in [-0.39, 0.29) is 15.1 Å². The molecule has 2 aromatic rings. The van der Waals surface area contributed by atoms with Crippen LogP contribution < -0.4 is 0 Å². The van der Waals surface area contributed by atoms with E-state index in [0.717, 1.165) is 12.1 Å². The molecule has 0 aliphatic rings. The predicted molar refractivity (Wildman–Crippen MR) is 73.8 cm³/mol. The maximum atomic E-state index is 13.8. The van der Waals surface area contributed by atoms with Crippen LogP contribution in [0.1, 0.15) is 5.56 Å². The zero-order valence-electron chi connectivity index (χ0n) is 9.98. The van der Waals surface area contributed by atoms with Crippen LogP contribution >= 0.6 is 15.9 Å². The second kappa shape index (κ2) is 5.84. The number of aromatic amines is 1. The highest BCUT2D eigenvalue weighted by molar-refractivity contribution is 9.10. The number of aromatic nitrogens is 2. The molecule has 1 aromatic carbocycles. The van der Waals surface area contributed by atoms with Crippen LogP contribution in [0.15, 0.2) is 46.0 Å². The zero-order valence-corrected chi connectivity index (χ0v) is 12.4. The van der Waals surface area contributed by atoms with Gasteiger partial charge < -0.3 is 0 Å². The highest BCUT2D eigenvalue weighted by Crippen LogP contribution is 2.22. The van der Waals surface area contributed by atoms with Crippen LogP contribution in [0.3, 0.4) is 0 Å². The fourth-order valence-corrected chi connectivity index (χ4v) is 3.50. The Morgan fingerprint density at radius 2 is 2.20 bits per heavy atom. The van der Waals surface area contributed by atoms with Crippen LogP contribution in [0.2, 0.25) is 0 Å². The van der Waals surface area contributed by atoms with Crippen molar-refractivity contribution in [1.29, 1.82) is 0 Å². The van der Waals surface area contributed by atoms with Crippen molar-refractivity contribution in [2.45, 2.75) is 5.03 Å². The molecule has 4 nitrogen and oxygen atoms in total. The van der Waals surface area contributed by atoms with Crippen molar-refractivity contribution in [2.75, 3.05) is 5.75 Å².